The van der Waals surface area contributed by atoms with Gasteiger partial charge in [0.2, 0.25) is 0 Å². The monoisotopic (exact) mass is 261 g/mol. The summed E-state index contributed by atoms with van der Waals surface area (Å²) in [4.78, 5) is 0. The lowest BCUT2D eigenvalue weighted by molar-refractivity contribution is 0.189. The van der Waals surface area contributed by atoms with Gasteiger partial charge in [-0.3, -0.25) is 0 Å². The fourth-order valence-electron chi connectivity index (χ4n) is 3.28. The van der Waals surface area contributed by atoms with Gasteiger partial charge in [0.05, 0.1) is 6.61 Å². The summed E-state index contributed by atoms with van der Waals surface area (Å²) in [6.45, 7) is 5.13. The highest BCUT2D eigenvalue weighted by Gasteiger charge is 2.33. The smallest absolute Gasteiger partial charge is 0.0587 e. The fraction of sp³-hybridized carbons (Fsp3) is 0.647. The zero-order chi connectivity index (χ0) is 13.6. The summed E-state index contributed by atoms with van der Waals surface area (Å²) in [6, 6.07) is 8.83. The first kappa shape index (κ1) is 14.5. The van der Waals surface area contributed by atoms with E-state index < -0.39 is 0 Å². The number of rotatable bonds is 7. The Morgan fingerprint density at radius 1 is 1.21 bits per heavy atom. The molecule has 1 aromatic rings. The second-order valence-corrected chi connectivity index (χ2v) is 5.98. The molecule has 1 N–H and O–H groups in total. The molecule has 1 aromatic carbocycles. The summed E-state index contributed by atoms with van der Waals surface area (Å²) in [5.41, 5.74) is 3.43. The average Bonchev–Trinajstić information content (AvgIpc) is 2.87. The molecule has 19 heavy (non-hydrogen) atoms. The van der Waals surface area contributed by atoms with Crippen molar-refractivity contribution in [3.63, 3.8) is 0 Å². The molecule has 0 aliphatic heterocycles. The van der Waals surface area contributed by atoms with Crippen molar-refractivity contribution in [2.75, 3.05) is 26.8 Å². The lowest BCUT2D eigenvalue weighted by Crippen LogP contribution is -2.35. The van der Waals surface area contributed by atoms with Gasteiger partial charge in [-0.15, -0.1) is 0 Å². The van der Waals surface area contributed by atoms with E-state index in [0.29, 0.717) is 5.41 Å². The van der Waals surface area contributed by atoms with Gasteiger partial charge in [-0.05, 0) is 42.7 Å². The summed E-state index contributed by atoms with van der Waals surface area (Å²) >= 11 is 0. The fourth-order valence-corrected chi connectivity index (χ4v) is 3.28. The van der Waals surface area contributed by atoms with Crippen LogP contribution in [0, 0.1) is 12.3 Å². The van der Waals surface area contributed by atoms with Crippen LogP contribution in [-0.2, 0) is 11.2 Å². The van der Waals surface area contributed by atoms with Crippen LogP contribution in [0.15, 0.2) is 24.3 Å². The van der Waals surface area contributed by atoms with Gasteiger partial charge in [0.1, 0.15) is 0 Å². The third-order valence-electron chi connectivity index (χ3n) is 4.47. The van der Waals surface area contributed by atoms with Crippen LogP contribution in [0.4, 0.5) is 0 Å². The van der Waals surface area contributed by atoms with Crippen molar-refractivity contribution in [2.24, 2.45) is 5.41 Å². The van der Waals surface area contributed by atoms with Gasteiger partial charge >= 0.3 is 0 Å². The van der Waals surface area contributed by atoms with E-state index >= 15 is 0 Å². The Balaban J connectivity index is 1.97. The molecule has 2 nitrogen and oxygen atoms in total. The van der Waals surface area contributed by atoms with E-state index in [4.69, 9.17) is 4.74 Å². The number of aryl methyl sites for hydroxylation is 1. The number of benzene rings is 1. The van der Waals surface area contributed by atoms with Crippen molar-refractivity contribution in [1.82, 2.24) is 5.32 Å². The molecule has 0 heterocycles. The molecule has 1 aliphatic carbocycles. The number of methoxy groups -OCH3 is 1. The van der Waals surface area contributed by atoms with E-state index in [1.54, 1.807) is 7.11 Å². The largest absolute Gasteiger partial charge is 0.383 e. The molecule has 0 saturated heterocycles. The third-order valence-corrected chi connectivity index (χ3v) is 4.47. The molecule has 1 fully saturated rings. The Bertz CT molecular complexity index is 383. The normalized spacial score (nSPS) is 17.8. The highest BCUT2D eigenvalue weighted by molar-refractivity contribution is 5.27. The minimum atomic E-state index is 0.472. The van der Waals surface area contributed by atoms with Crippen LogP contribution in [0.5, 0.6) is 0 Å². The van der Waals surface area contributed by atoms with E-state index in [0.717, 1.165) is 19.7 Å². The highest BCUT2D eigenvalue weighted by Crippen LogP contribution is 2.40. The van der Waals surface area contributed by atoms with Gasteiger partial charge < -0.3 is 10.1 Å². The second kappa shape index (κ2) is 7.06. The Morgan fingerprint density at radius 3 is 2.63 bits per heavy atom. The molecule has 1 saturated carbocycles. The summed E-state index contributed by atoms with van der Waals surface area (Å²) in [5, 5.41) is 3.58. The predicted molar refractivity (Wildman–Crippen MR) is 80.5 cm³/mol. The van der Waals surface area contributed by atoms with E-state index in [1.165, 1.54) is 43.2 Å². The maximum Gasteiger partial charge on any atom is 0.0587 e. The van der Waals surface area contributed by atoms with E-state index in [-0.39, 0.29) is 0 Å². The van der Waals surface area contributed by atoms with Crippen LogP contribution in [0.2, 0.25) is 0 Å². The van der Waals surface area contributed by atoms with Crippen molar-refractivity contribution >= 4 is 0 Å². The van der Waals surface area contributed by atoms with E-state index in [2.05, 4.69) is 36.5 Å². The minimum Gasteiger partial charge on any atom is -0.383 e. The van der Waals surface area contributed by atoms with Crippen LogP contribution in [-0.4, -0.2) is 26.8 Å². The second-order valence-electron chi connectivity index (χ2n) is 5.98. The zero-order valence-electron chi connectivity index (χ0n) is 12.4. The van der Waals surface area contributed by atoms with Crippen LogP contribution in [0.3, 0.4) is 0 Å². The molecule has 0 radical (unpaired) electrons. The van der Waals surface area contributed by atoms with Gasteiger partial charge in [-0.2, -0.15) is 0 Å². The molecular formula is C17H27NO. The first-order valence-electron chi connectivity index (χ1n) is 7.50. The summed E-state index contributed by atoms with van der Waals surface area (Å²) in [6.07, 6.45) is 6.72. The molecule has 1 aliphatic rings. The molecule has 0 aromatic heterocycles. The van der Waals surface area contributed by atoms with Gasteiger partial charge in [0.25, 0.3) is 0 Å². The number of nitrogens with one attached hydrogen (secondary N) is 1. The highest BCUT2D eigenvalue weighted by atomic mass is 16.5. The summed E-state index contributed by atoms with van der Waals surface area (Å²) in [5.74, 6) is 0. The van der Waals surface area contributed by atoms with Crippen molar-refractivity contribution in [3.8, 4) is 0 Å². The Hall–Kier alpha value is -0.860. The van der Waals surface area contributed by atoms with Gasteiger partial charge in [-0.25, -0.2) is 0 Å². The lowest BCUT2D eigenvalue weighted by atomic mass is 9.79. The predicted octanol–water partition coefficient (Wildman–Crippen LogP) is 3.33. The molecule has 0 unspecified atom stereocenters. The molecule has 0 atom stereocenters. The molecule has 106 valence electrons. The Kier molecular flexibility index (Phi) is 5.41. The number of hydrogen-bond acceptors (Lipinski definition) is 2. The van der Waals surface area contributed by atoms with Crippen molar-refractivity contribution < 1.29 is 4.74 Å². The van der Waals surface area contributed by atoms with E-state index in [1.807, 2.05) is 0 Å². The molecule has 0 bridgehead atoms. The Morgan fingerprint density at radius 2 is 1.95 bits per heavy atom. The lowest BCUT2D eigenvalue weighted by Gasteiger charge is -2.30. The number of ether oxygens (including phenoxy) is 1. The summed E-state index contributed by atoms with van der Waals surface area (Å²) < 4.78 is 5.11. The molecule has 2 heteroatoms. The first-order valence-corrected chi connectivity index (χ1v) is 7.50. The van der Waals surface area contributed by atoms with Crippen LogP contribution in [0.1, 0.15) is 36.8 Å². The van der Waals surface area contributed by atoms with Crippen LogP contribution in [0.25, 0.3) is 0 Å². The van der Waals surface area contributed by atoms with Gasteiger partial charge in [0, 0.05) is 20.2 Å². The Labute approximate surface area is 117 Å². The van der Waals surface area contributed by atoms with Gasteiger partial charge in [-0.1, -0.05) is 37.1 Å². The third kappa shape index (κ3) is 4.05. The topological polar surface area (TPSA) is 21.3 Å². The van der Waals surface area contributed by atoms with Crippen LogP contribution < -0.4 is 5.32 Å². The quantitative estimate of drug-likeness (QED) is 0.760. The van der Waals surface area contributed by atoms with Crippen molar-refractivity contribution in [1.29, 1.82) is 0 Å². The first-order chi connectivity index (χ1) is 9.26. The van der Waals surface area contributed by atoms with Gasteiger partial charge in [0.15, 0.2) is 0 Å². The standard InChI is InChI=1S/C17H27NO/c1-15-7-3-4-8-16(15)13-17(9-5-6-10-17)14-18-11-12-19-2/h3-4,7-8,18H,5-6,9-14H2,1-2H3. The molecule has 0 spiro atoms. The summed E-state index contributed by atoms with van der Waals surface area (Å²) in [7, 11) is 1.76. The van der Waals surface area contributed by atoms with Crippen molar-refractivity contribution in [2.45, 2.75) is 39.0 Å². The van der Waals surface area contributed by atoms with Crippen molar-refractivity contribution in [3.05, 3.63) is 35.4 Å². The zero-order valence-corrected chi connectivity index (χ0v) is 12.4. The maximum atomic E-state index is 5.11. The molecule has 0 amide bonds. The molecule has 2 rings (SSSR count). The molecular weight excluding hydrogens is 234 g/mol. The average molecular weight is 261 g/mol. The van der Waals surface area contributed by atoms with Crippen LogP contribution >= 0.6 is 0 Å². The minimum absolute atomic E-state index is 0.472. The maximum absolute atomic E-state index is 5.11. The van der Waals surface area contributed by atoms with E-state index in [9.17, 15) is 0 Å². The SMILES string of the molecule is COCCNCC1(Cc2ccccc2C)CCCC1. The number of hydrogen-bond donors (Lipinski definition) is 1.